The molecule has 0 unspecified atom stereocenters. The number of imidazole rings is 2. The number of nitrogens with one attached hydrogen (secondary N) is 4. The van der Waals surface area contributed by atoms with Gasteiger partial charge >= 0.3 is 6.09 Å². The van der Waals surface area contributed by atoms with Gasteiger partial charge in [0.2, 0.25) is 29.6 Å². The maximum Gasteiger partial charge on any atom is 0.407 e. The van der Waals surface area contributed by atoms with Crippen molar-refractivity contribution in [2.45, 2.75) is 79.7 Å². The Bertz CT molecular complexity index is 3010. The molecule has 24 nitrogen and oxygen atoms in total. The van der Waals surface area contributed by atoms with Crippen molar-refractivity contribution >= 4 is 91.2 Å². The molecule has 2 aromatic carbocycles. The van der Waals surface area contributed by atoms with Gasteiger partial charge in [0.05, 0.1) is 36.1 Å². The fourth-order valence-electron chi connectivity index (χ4n) is 7.47. The van der Waals surface area contributed by atoms with Crippen LogP contribution in [0.25, 0.3) is 22.1 Å². The second kappa shape index (κ2) is 25.7. The first-order valence-electron chi connectivity index (χ1n) is 23.4. The van der Waals surface area contributed by atoms with E-state index >= 15 is 0 Å². The molecule has 1 atom stereocenters. The number of aryl methyl sites for hydroxylation is 4. The Morgan fingerprint density at radius 1 is 0.726 bits per heavy atom. The molecular formula is C47H61N15O9S2. The van der Waals surface area contributed by atoms with E-state index in [0.29, 0.717) is 64.6 Å². The Labute approximate surface area is 428 Å². The number of primary amides is 2. The highest BCUT2D eigenvalue weighted by atomic mass is 33.1. The second-order valence-electron chi connectivity index (χ2n) is 16.5. The standard InChI is InChI=1S/C47H61N15O9S2/c1-7-61-34(20-28(4)57-61)43(66)55-45-53-32-22-30(41(49)64)24-36(69-6)39(32)59(45)15-9-10-16-60-40-33(54-46(60)56-44(67)35-21-29(5)58-62(35)8-2)23-31(42(50)65)25-37(40)70-17-11-13-51-38(63)12-14-52-47(68)71-18-19-72-73-26-27(3)48/h9-10,20-25,27H,7-8,11-19,26,48H2,1-6H3,(H2,49,64)(H2,50,65)(H,51,63)(H,52,68)(H,53,55,66)(H,54,56,67)/b10-9+/t27-/m1/s1. The highest BCUT2D eigenvalue weighted by Crippen LogP contribution is 2.33. The molecule has 0 spiro atoms. The SMILES string of the molecule is CCn1nc(C)cc1C(=O)Nc1nc2cc(C(N)=O)cc(OC)c2n1C/C=C/Cn1c(NC(=O)c2cc(C)nn2CC)nc2cc(C(N)=O)cc(OCCCNC(=O)CCNC(=O)OCCSSC[C@@H](C)N)c21. The first-order valence-corrected chi connectivity index (χ1v) is 25.9. The van der Waals surface area contributed by atoms with Gasteiger partial charge in [0.25, 0.3) is 11.8 Å². The van der Waals surface area contributed by atoms with Crippen LogP contribution in [0.4, 0.5) is 16.7 Å². The van der Waals surface area contributed by atoms with Crippen molar-refractivity contribution < 1.29 is 43.0 Å². The van der Waals surface area contributed by atoms with Crippen LogP contribution in [0, 0.1) is 13.8 Å². The van der Waals surface area contributed by atoms with Crippen molar-refractivity contribution in [1.29, 1.82) is 0 Å². The van der Waals surface area contributed by atoms with E-state index in [1.165, 1.54) is 31.4 Å². The number of fused-ring (bicyclic) bond motifs is 2. The molecule has 0 aliphatic rings. The fourth-order valence-corrected chi connectivity index (χ4v) is 9.54. The summed E-state index contributed by atoms with van der Waals surface area (Å²) in [7, 11) is 4.61. The van der Waals surface area contributed by atoms with Gasteiger partial charge < -0.3 is 51.2 Å². The first kappa shape index (κ1) is 54.7. The van der Waals surface area contributed by atoms with Gasteiger partial charge in [0.1, 0.15) is 40.5 Å². The van der Waals surface area contributed by atoms with Crippen LogP contribution in [0.5, 0.6) is 11.5 Å². The Morgan fingerprint density at radius 2 is 1.26 bits per heavy atom. The number of allylic oxidation sites excluding steroid dienone is 2. The van der Waals surface area contributed by atoms with Crippen molar-refractivity contribution in [3.8, 4) is 11.5 Å². The maximum atomic E-state index is 13.9. The molecule has 0 fully saturated rings. The summed E-state index contributed by atoms with van der Waals surface area (Å²) >= 11 is 0. The molecule has 6 rings (SSSR count). The van der Waals surface area contributed by atoms with Crippen molar-refractivity contribution in [1.82, 2.24) is 49.3 Å². The second-order valence-corrected chi connectivity index (χ2v) is 19.1. The van der Waals surface area contributed by atoms with Gasteiger partial charge in [-0.25, -0.2) is 14.8 Å². The third-order valence-corrected chi connectivity index (χ3v) is 13.4. The lowest BCUT2D eigenvalue weighted by Crippen LogP contribution is -2.32. The number of nitrogens with two attached hydrogens (primary N) is 3. The average molecular weight is 1040 g/mol. The number of carbonyl (C=O) groups is 6. The number of ether oxygens (including phenoxy) is 3. The first-order chi connectivity index (χ1) is 35.0. The summed E-state index contributed by atoms with van der Waals surface area (Å²) in [4.78, 5) is 86.6. The summed E-state index contributed by atoms with van der Waals surface area (Å²) in [6, 6.07) is 9.40. The van der Waals surface area contributed by atoms with Crippen LogP contribution in [0.1, 0.15) is 86.7 Å². The van der Waals surface area contributed by atoms with Gasteiger partial charge in [0.15, 0.2) is 0 Å². The fraction of sp³-hybridized carbons (Fsp3) is 0.404. The van der Waals surface area contributed by atoms with E-state index in [2.05, 4.69) is 36.4 Å². The smallest absolute Gasteiger partial charge is 0.407 e. The lowest BCUT2D eigenvalue weighted by Gasteiger charge is -2.13. The zero-order chi connectivity index (χ0) is 52.8. The number of hydrogen-bond acceptors (Lipinski definition) is 16. The van der Waals surface area contributed by atoms with Crippen molar-refractivity contribution in [2.75, 3.05) is 55.6 Å². The summed E-state index contributed by atoms with van der Waals surface area (Å²) in [5.41, 5.74) is 20.8. The van der Waals surface area contributed by atoms with Gasteiger partial charge in [0, 0.05) is 74.4 Å². The van der Waals surface area contributed by atoms with E-state index in [1.807, 2.05) is 20.8 Å². The van der Waals surface area contributed by atoms with Gasteiger partial charge in [-0.15, -0.1) is 0 Å². The Hall–Kier alpha value is -7.58. The number of rotatable bonds is 27. The highest BCUT2D eigenvalue weighted by molar-refractivity contribution is 8.76. The van der Waals surface area contributed by atoms with E-state index < -0.39 is 29.7 Å². The molecule has 10 N–H and O–H groups in total. The molecule has 26 heteroatoms. The van der Waals surface area contributed by atoms with Gasteiger partial charge in [-0.05, 0) is 77.4 Å². The predicted octanol–water partition coefficient (Wildman–Crippen LogP) is 4.13. The Balaban J connectivity index is 1.23. The van der Waals surface area contributed by atoms with Crippen molar-refractivity contribution in [2.24, 2.45) is 17.2 Å². The van der Waals surface area contributed by atoms with E-state index in [-0.39, 0.29) is 97.8 Å². The van der Waals surface area contributed by atoms with Crippen molar-refractivity contribution in [3.63, 3.8) is 0 Å². The number of nitrogens with zero attached hydrogens (tertiary/aromatic N) is 8. The molecule has 0 saturated carbocycles. The van der Waals surface area contributed by atoms with E-state index in [9.17, 15) is 28.8 Å². The summed E-state index contributed by atoms with van der Waals surface area (Å²) in [6.45, 7) is 10.9. The Morgan fingerprint density at radius 3 is 1.77 bits per heavy atom. The zero-order valence-electron chi connectivity index (χ0n) is 41.5. The van der Waals surface area contributed by atoms with Gasteiger partial charge in [-0.3, -0.25) is 44.0 Å². The Kier molecular flexibility index (Phi) is 19.3. The number of carbonyl (C=O) groups excluding carboxylic acids is 6. The van der Waals surface area contributed by atoms with Crippen LogP contribution in [0.2, 0.25) is 0 Å². The molecule has 0 saturated heterocycles. The molecule has 0 aliphatic heterocycles. The van der Waals surface area contributed by atoms with Crippen LogP contribution in [-0.2, 0) is 35.7 Å². The molecule has 0 radical (unpaired) electrons. The average Bonchev–Trinajstić information content (AvgIpc) is 4.12. The number of benzene rings is 2. The molecular weight excluding hydrogens is 983 g/mol. The van der Waals surface area contributed by atoms with Crippen LogP contribution in [0.3, 0.4) is 0 Å². The van der Waals surface area contributed by atoms with Crippen LogP contribution < -0.4 is 47.9 Å². The molecule has 73 heavy (non-hydrogen) atoms. The maximum absolute atomic E-state index is 13.9. The van der Waals surface area contributed by atoms with Gasteiger partial charge in [-0.2, -0.15) is 10.2 Å². The number of hydrogen-bond donors (Lipinski definition) is 7. The third-order valence-electron chi connectivity index (χ3n) is 10.8. The van der Waals surface area contributed by atoms with Crippen molar-refractivity contribution in [3.05, 3.63) is 82.5 Å². The normalized spacial score (nSPS) is 11.8. The molecule has 6 amide bonds. The van der Waals surface area contributed by atoms with Crippen LogP contribution in [0.15, 0.2) is 48.6 Å². The minimum absolute atomic E-state index is 0.0257. The minimum atomic E-state index is -0.739. The summed E-state index contributed by atoms with van der Waals surface area (Å²) < 4.78 is 23.7. The zero-order valence-corrected chi connectivity index (χ0v) is 43.1. The molecule has 4 aromatic heterocycles. The number of alkyl carbamates (subject to hydrolysis) is 1. The summed E-state index contributed by atoms with van der Waals surface area (Å²) in [5, 5.41) is 20.0. The largest absolute Gasteiger partial charge is 0.494 e. The predicted molar refractivity (Wildman–Crippen MR) is 279 cm³/mol. The number of anilines is 2. The van der Waals surface area contributed by atoms with Crippen LogP contribution in [-0.4, -0.2) is 125 Å². The molecule has 0 aliphatic carbocycles. The molecule has 390 valence electrons. The monoisotopic (exact) mass is 1040 g/mol. The van der Waals surface area contributed by atoms with Gasteiger partial charge in [-0.1, -0.05) is 33.7 Å². The topological polar surface area (TPSA) is 328 Å². The quantitative estimate of drug-likeness (QED) is 0.0217. The molecule has 6 aromatic rings. The van der Waals surface area contributed by atoms with E-state index in [4.69, 9.17) is 36.4 Å². The van der Waals surface area contributed by atoms with E-state index in [0.717, 1.165) is 5.75 Å². The highest BCUT2D eigenvalue weighted by Gasteiger charge is 2.24. The van der Waals surface area contributed by atoms with E-state index in [1.54, 1.807) is 78.2 Å². The lowest BCUT2D eigenvalue weighted by atomic mass is 10.1. The third kappa shape index (κ3) is 14.3. The molecule has 0 bridgehead atoms. The minimum Gasteiger partial charge on any atom is -0.494 e. The summed E-state index contributed by atoms with van der Waals surface area (Å²) in [6.07, 6.45) is 3.36. The number of methoxy groups -OCH3 is 1. The summed E-state index contributed by atoms with van der Waals surface area (Å²) in [5.74, 6) is -0.514. The lowest BCUT2D eigenvalue weighted by molar-refractivity contribution is -0.121. The number of amides is 6. The molecule has 4 heterocycles. The van der Waals surface area contributed by atoms with Crippen LogP contribution >= 0.6 is 21.6 Å². The number of aromatic nitrogens is 8.